The summed E-state index contributed by atoms with van der Waals surface area (Å²) in [5.74, 6) is 2.58. The van der Waals surface area contributed by atoms with Crippen LogP contribution in [0.1, 0.15) is 10.7 Å². The van der Waals surface area contributed by atoms with Gasteiger partial charge in [-0.25, -0.2) is 4.98 Å². The smallest absolute Gasteiger partial charge is 0.0940 e. The molecule has 1 saturated heterocycles. The lowest BCUT2D eigenvalue weighted by molar-refractivity contribution is 0.584. The second-order valence-electron chi connectivity index (χ2n) is 3.32. The molecular formula is C9H14N2S2. The topological polar surface area (TPSA) is 24.9 Å². The van der Waals surface area contributed by atoms with Gasteiger partial charge in [-0.05, 0) is 6.92 Å². The molecule has 1 aliphatic heterocycles. The van der Waals surface area contributed by atoms with Crippen molar-refractivity contribution in [2.24, 2.45) is 0 Å². The van der Waals surface area contributed by atoms with Crippen LogP contribution in [0.15, 0.2) is 5.38 Å². The number of hydrogen-bond acceptors (Lipinski definition) is 4. The van der Waals surface area contributed by atoms with E-state index in [0.717, 1.165) is 24.7 Å². The minimum atomic E-state index is 0.769. The third-order valence-electron chi connectivity index (χ3n) is 2.08. The van der Waals surface area contributed by atoms with E-state index in [1.54, 1.807) is 11.3 Å². The lowest BCUT2D eigenvalue weighted by Gasteiger charge is -2.25. The molecule has 1 aromatic rings. The van der Waals surface area contributed by atoms with Crippen LogP contribution in [-0.4, -0.2) is 29.1 Å². The van der Waals surface area contributed by atoms with Crippen LogP contribution in [0.2, 0.25) is 0 Å². The van der Waals surface area contributed by atoms with Crippen LogP contribution in [0, 0.1) is 6.92 Å². The normalized spacial score (nSPS) is 17.3. The van der Waals surface area contributed by atoms with Crippen molar-refractivity contribution in [1.29, 1.82) is 0 Å². The van der Waals surface area contributed by atoms with Gasteiger partial charge in [0.15, 0.2) is 0 Å². The predicted octanol–water partition coefficient (Wildman–Crippen LogP) is 1.70. The summed E-state index contributed by atoms with van der Waals surface area (Å²) < 4.78 is 0. The molecular weight excluding hydrogens is 200 g/mol. The van der Waals surface area contributed by atoms with Crippen molar-refractivity contribution in [1.82, 2.24) is 10.3 Å². The van der Waals surface area contributed by atoms with Gasteiger partial charge in [0.25, 0.3) is 0 Å². The maximum Gasteiger partial charge on any atom is 0.0940 e. The summed E-state index contributed by atoms with van der Waals surface area (Å²) in [4.78, 5) is 4.42. The van der Waals surface area contributed by atoms with Gasteiger partial charge in [0, 0.05) is 41.6 Å². The van der Waals surface area contributed by atoms with E-state index in [2.05, 4.69) is 22.6 Å². The van der Waals surface area contributed by atoms with Crippen molar-refractivity contribution in [3.05, 3.63) is 16.1 Å². The van der Waals surface area contributed by atoms with E-state index >= 15 is 0 Å². The molecule has 1 aromatic heterocycles. The fraction of sp³-hybridized carbons (Fsp3) is 0.667. The van der Waals surface area contributed by atoms with Gasteiger partial charge < -0.3 is 5.32 Å². The highest BCUT2D eigenvalue weighted by atomic mass is 32.2. The highest BCUT2D eigenvalue weighted by Crippen LogP contribution is 2.17. The Labute approximate surface area is 87.1 Å². The molecule has 0 aromatic carbocycles. The third-order valence-corrected chi connectivity index (χ3v) is 4.38. The molecule has 0 radical (unpaired) electrons. The van der Waals surface area contributed by atoms with Crippen molar-refractivity contribution in [2.45, 2.75) is 19.4 Å². The highest BCUT2D eigenvalue weighted by molar-refractivity contribution is 8.00. The van der Waals surface area contributed by atoms with Gasteiger partial charge in [0.1, 0.15) is 0 Å². The number of nitrogens with zero attached hydrogens (tertiary/aromatic N) is 1. The lowest BCUT2D eigenvalue weighted by atomic mass is 10.3. The molecule has 72 valence electrons. The van der Waals surface area contributed by atoms with Gasteiger partial charge in [0.2, 0.25) is 0 Å². The van der Waals surface area contributed by atoms with Gasteiger partial charge in [-0.1, -0.05) is 0 Å². The minimum absolute atomic E-state index is 0.769. The molecule has 0 saturated carbocycles. The van der Waals surface area contributed by atoms with Crippen LogP contribution in [0.4, 0.5) is 0 Å². The summed E-state index contributed by atoms with van der Waals surface area (Å²) in [5, 5.41) is 6.90. The standard InChI is InChI=1S/C9H14N2S2/c1-7-4-13-9(11-7)2-3-10-8-5-12-6-8/h4,8,10H,2-3,5-6H2,1H3. The zero-order chi connectivity index (χ0) is 9.10. The first-order chi connectivity index (χ1) is 6.34. The van der Waals surface area contributed by atoms with Crippen LogP contribution < -0.4 is 5.32 Å². The quantitative estimate of drug-likeness (QED) is 0.826. The summed E-state index contributed by atoms with van der Waals surface area (Å²) in [6.07, 6.45) is 1.08. The van der Waals surface area contributed by atoms with Gasteiger partial charge in [-0.3, -0.25) is 0 Å². The van der Waals surface area contributed by atoms with Gasteiger partial charge >= 0.3 is 0 Å². The van der Waals surface area contributed by atoms with E-state index in [4.69, 9.17) is 0 Å². The Morgan fingerprint density at radius 1 is 1.62 bits per heavy atom. The molecule has 0 atom stereocenters. The average molecular weight is 214 g/mol. The molecule has 2 rings (SSSR count). The Bertz CT molecular complexity index is 268. The highest BCUT2D eigenvalue weighted by Gasteiger charge is 2.16. The second-order valence-corrected chi connectivity index (χ2v) is 5.34. The molecule has 1 N–H and O–H groups in total. The van der Waals surface area contributed by atoms with Crippen molar-refractivity contribution in [2.75, 3.05) is 18.1 Å². The van der Waals surface area contributed by atoms with Crippen LogP contribution in [-0.2, 0) is 6.42 Å². The van der Waals surface area contributed by atoms with Crippen LogP contribution in [0.5, 0.6) is 0 Å². The minimum Gasteiger partial charge on any atom is -0.312 e. The molecule has 1 aliphatic rings. The van der Waals surface area contributed by atoms with Crippen molar-refractivity contribution in [3.8, 4) is 0 Å². The SMILES string of the molecule is Cc1csc(CCNC2CSC2)n1. The zero-order valence-electron chi connectivity index (χ0n) is 7.75. The number of thiazole rings is 1. The largest absolute Gasteiger partial charge is 0.312 e. The third kappa shape index (κ3) is 2.69. The number of aromatic nitrogens is 1. The first-order valence-corrected chi connectivity index (χ1v) is 6.60. The van der Waals surface area contributed by atoms with Crippen molar-refractivity contribution >= 4 is 23.1 Å². The second kappa shape index (κ2) is 4.44. The predicted molar refractivity (Wildman–Crippen MR) is 59.7 cm³/mol. The number of aryl methyl sites for hydroxylation is 1. The van der Waals surface area contributed by atoms with E-state index in [9.17, 15) is 0 Å². The Morgan fingerprint density at radius 2 is 2.46 bits per heavy atom. The van der Waals surface area contributed by atoms with E-state index in [-0.39, 0.29) is 0 Å². The Kier molecular flexibility index (Phi) is 3.24. The van der Waals surface area contributed by atoms with E-state index in [0.29, 0.717) is 0 Å². The number of thioether (sulfide) groups is 1. The Morgan fingerprint density at radius 3 is 3.00 bits per heavy atom. The van der Waals surface area contributed by atoms with Crippen molar-refractivity contribution in [3.63, 3.8) is 0 Å². The fourth-order valence-electron chi connectivity index (χ4n) is 1.25. The van der Waals surface area contributed by atoms with Gasteiger partial charge in [0.05, 0.1) is 5.01 Å². The molecule has 1 fully saturated rings. The van der Waals surface area contributed by atoms with Crippen molar-refractivity contribution < 1.29 is 0 Å². The average Bonchev–Trinajstić information content (AvgIpc) is 2.42. The van der Waals surface area contributed by atoms with Crippen LogP contribution in [0.25, 0.3) is 0 Å². The van der Waals surface area contributed by atoms with E-state index in [1.807, 2.05) is 11.8 Å². The summed E-state index contributed by atoms with van der Waals surface area (Å²) in [5.41, 5.74) is 1.15. The van der Waals surface area contributed by atoms with Crippen LogP contribution >= 0.6 is 23.1 Å². The first kappa shape index (κ1) is 9.49. The fourth-order valence-corrected chi connectivity index (χ4v) is 2.74. The summed E-state index contributed by atoms with van der Waals surface area (Å²) >= 11 is 3.79. The Balaban J connectivity index is 1.67. The summed E-state index contributed by atoms with van der Waals surface area (Å²) in [7, 11) is 0. The number of hydrogen-bond donors (Lipinski definition) is 1. The Hall–Kier alpha value is -0.0600. The van der Waals surface area contributed by atoms with Gasteiger partial charge in [-0.15, -0.1) is 11.3 Å². The van der Waals surface area contributed by atoms with E-state index < -0.39 is 0 Å². The number of nitrogens with one attached hydrogen (secondary N) is 1. The molecule has 2 nitrogen and oxygen atoms in total. The molecule has 4 heteroatoms. The monoisotopic (exact) mass is 214 g/mol. The van der Waals surface area contributed by atoms with E-state index in [1.165, 1.54) is 16.5 Å². The lowest BCUT2D eigenvalue weighted by Crippen LogP contribution is -2.41. The molecule has 2 heterocycles. The molecule has 0 aliphatic carbocycles. The number of rotatable bonds is 4. The molecule has 0 unspecified atom stereocenters. The molecule has 0 amide bonds. The summed E-state index contributed by atoms with van der Waals surface area (Å²) in [6.45, 7) is 3.13. The zero-order valence-corrected chi connectivity index (χ0v) is 9.38. The first-order valence-electron chi connectivity index (χ1n) is 4.57. The summed E-state index contributed by atoms with van der Waals surface area (Å²) in [6, 6.07) is 0.769. The van der Waals surface area contributed by atoms with Gasteiger partial charge in [-0.2, -0.15) is 11.8 Å². The molecule has 0 bridgehead atoms. The maximum atomic E-state index is 4.42. The van der Waals surface area contributed by atoms with Crippen LogP contribution in [0.3, 0.4) is 0 Å². The molecule has 13 heavy (non-hydrogen) atoms. The maximum absolute atomic E-state index is 4.42. The molecule has 0 spiro atoms.